The van der Waals surface area contributed by atoms with Crippen LogP contribution >= 0.6 is 0 Å². The predicted octanol–water partition coefficient (Wildman–Crippen LogP) is 2.67. The molecular weight excluding hydrogens is 270 g/mol. The SMILES string of the molecule is Cc1ccc(C(CN2CCNCC2)N2CCC(C)CC2)cc1. The lowest BCUT2D eigenvalue weighted by Crippen LogP contribution is -2.48. The highest BCUT2D eigenvalue weighted by molar-refractivity contribution is 5.24. The third-order valence-electron chi connectivity index (χ3n) is 5.36. The van der Waals surface area contributed by atoms with E-state index in [0.717, 1.165) is 19.0 Å². The van der Waals surface area contributed by atoms with Crippen LogP contribution in [0.25, 0.3) is 0 Å². The summed E-state index contributed by atoms with van der Waals surface area (Å²) in [5.74, 6) is 0.897. The molecular formula is C19H31N3. The van der Waals surface area contributed by atoms with Gasteiger partial charge in [0.05, 0.1) is 0 Å². The molecule has 0 bridgehead atoms. The van der Waals surface area contributed by atoms with Crippen LogP contribution in [0.3, 0.4) is 0 Å². The second kappa shape index (κ2) is 7.58. The van der Waals surface area contributed by atoms with Crippen LogP contribution in [-0.4, -0.2) is 55.6 Å². The Hall–Kier alpha value is -0.900. The topological polar surface area (TPSA) is 18.5 Å². The molecule has 3 heteroatoms. The highest BCUT2D eigenvalue weighted by atomic mass is 15.2. The van der Waals surface area contributed by atoms with Crippen LogP contribution in [0.2, 0.25) is 0 Å². The second-order valence-corrected chi connectivity index (χ2v) is 7.20. The molecule has 122 valence electrons. The molecule has 2 heterocycles. The van der Waals surface area contributed by atoms with Crippen LogP contribution in [0.1, 0.15) is 36.9 Å². The van der Waals surface area contributed by atoms with E-state index >= 15 is 0 Å². The largest absolute Gasteiger partial charge is 0.314 e. The van der Waals surface area contributed by atoms with Gasteiger partial charge in [0.1, 0.15) is 0 Å². The van der Waals surface area contributed by atoms with Crippen molar-refractivity contribution in [2.75, 3.05) is 45.8 Å². The summed E-state index contributed by atoms with van der Waals surface area (Å²) in [5.41, 5.74) is 2.86. The van der Waals surface area contributed by atoms with E-state index in [9.17, 15) is 0 Å². The number of hydrogen-bond acceptors (Lipinski definition) is 3. The molecule has 2 aliphatic heterocycles. The Labute approximate surface area is 135 Å². The first-order valence-corrected chi connectivity index (χ1v) is 8.96. The summed E-state index contributed by atoms with van der Waals surface area (Å²) in [7, 11) is 0. The molecule has 1 N–H and O–H groups in total. The fourth-order valence-corrected chi connectivity index (χ4v) is 3.70. The lowest BCUT2D eigenvalue weighted by molar-refractivity contribution is 0.0969. The van der Waals surface area contributed by atoms with Gasteiger partial charge in [0.15, 0.2) is 0 Å². The van der Waals surface area contributed by atoms with Crippen molar-refractivity contribution in [1.29, 1.82) is 0 Å². The number of nitrogens with zero attached hydrogens (tertiary/aromatic N) is 2. The van der Waals surface area contributed by atoms with Gasteiger partial charge in [-0.15, -0.1) is 0 Å². The molecule has 0 aliphatic carbocycles. The lowest BCUT2D eigenvalue weighted by atomic mass is 9.95. The zero-order valence-electron chi connectivity index (χ0n) is 14.2. The first-order chi connectivity index (χ1) is 10.7. The first-order valence-electron chi connectivity index (χ1n) is 8.96. The minimum Gasteiger partial charge on any atom is -0.314 e. The molecule has 3 nitrogen and oxygen atoms in total. The van der Waals surface area contributed by atoms with Gasteiger partial charge in [0.25, 0.3) is 0 Å². The van der Waals surface area contributed by atoms with E-state index in [0.29, 0.717) is 6.04 Å². The quantitative estimate of drug-likeness (QED) is 0.922. The summed E-state index contributed by atoms with van der Waals surface area (Å²) >= 11 is 0. The van der Waals surface area contributed by atoms with Crippen molar-refractivity contribution in [3.8, 4) is 0 Å². The number of rotatable bonds is 4. The van der Waals surface area contributed by atoms with Crippen molar-refractivity contribution >= 4 is 0 Å². The Morgan fingerprint density at radius 1 is 1.05 bits per heavy atom. The van der Waals surface area contributed by atoms with Crippen molar-refractivity contribution in [3.63, 3.8) is 0 Å². The van der Waals surface area contributed by atoms with Gasteiger partial charge >= 0.3 is 0 Å². The number of piperazine rings is 1. The van der Waals surface area contributed by atoms with E-state index in [2.05, 4.69) is 53.2 Å². The Kier molecular flexibility index (Phi) is 5.51. The average Bonchev–Trinajstić information content (AvgIpc) is 2.56. The number of hydrogen-bond donors (Lipinski definition) is 1. The minimum atomic E-state index is 0.561. The van der Waals surface area contributed by atoms with Gasteiger partial charge in [0, 0.05) is 38.8 Å². The molecule has 2 saturated heterocycles. The summed E-state index contributed by atoms with van der Waals surface area (Å²) in [4.78, 5) is 5.37. The molecule has 0 aromatic heterocycles. The van der Waals surface area contributed by atoms with Gasteiger partial charge in [-0.2, -0.15) is 0 Å². The van der Waals surface area contributed by atoms with Crippen LogP contribution in [-0.2, 0) is 0 Å². The van der Waals surface area contributed by atoms with Crippen LogP contribution < -0.4 is 5.32 Å². The van der Waals surface area contributed by atoms with Crippen molar-refractivity contribution < 1.29 is 0 Å². The number of nitrogens with one attached hydrogen (secondary N) is 1. The van der Waals surface area contributed by atoms with E-state index in [4.69, 9.17) is 0 Å². The molecule has 2 fully saturated rings. The van der Waals surface area contributed by atoms with E-state index in [-0.39, 0.29) is 0 Å². The van der Waals surface area contributed by atoms with Gasteiger partial charge in [0.2, 0.25) is 0 Å². The van der Waals surface area contributed by atoms with Crippen molar-refractivity contribution in [2.45, 2.75) is 32.7 Å². The van der Waals surface area contributed by atoms with Crippen LogP contribution in [0.4, 0.5) is 0 Å². The fraction of sp³-hybridized carbons (Fsp3) is 0.684. The summed E-state index contributed by atoms with van der Waals surface area (Å²) in [5, 5.41) is 3.47. The van der Waals surface area contributed by atoms with Crippen LogP contribution in [0.5, 0.6) is 0 Å². The smallest absolute Gasteiger partial charge is 0.0475 e. The van der Waals surface area contributed by atoms with Gasteiger partial charge in [-0.25, -0.2) is 0 Å². The third kappa shape index (κ3) is 4.09. The van der Waals surface area contributed by atoms with E-state index in [1.807, 2.05) is 0 Å². The molecule has 3 rings (SSSR count). The summed E-state index contributed by atoms with van der Waals surface area (Å²) in [6, 6.07) is 9.80. The highest BCUT2D eigenvalue weighted by Gasteiger charge is 2.26. The van der Waals surface area contributed by atoms with Gasteiger partial charge in [-0.05, 0) is 44.3 Å². The normalized spacial score (nSPS) is 23.5. The van der Waals surface area contributed by atoms with Crippen molar-refractivity contribution in [1.82, 2.24) is 15.1 Å². The molecule has 1 aromatic rings. The van der Waals surface area contributed by atoms with Crippen molar-refractivity contribution in [2.24, 2.45) is 5.92 Å². The van der Waals surface area contributed by atoms with E-state index < -0.39 is 0 Å². The molecule has 0 spiro atoms. The van der Waals surface area contributed by atoms with E-state index in [1.165, 1.54) is 56.7 Å². The second-order valence-electron chi connectivity index (χ2n) is 7.20. The zero-order chi connectivity index (χ0) is 15.4. The summed E-state index contributed by atoms with van der Waals surface area (Å²) < 4.78 is 0. The first kappa shape index (κ1) is 16.0. The van der Waals surface area contributed by atoms with Crippen LogP contribution in [0, 0.1) is 12.8 Å². The molecule has 1 unspecified atom stereocenters. The maximum Gasteiger partial charge on any atom is 0.0475 e. The highest BCUT2D eigenvalue weighted by Crippen LogP contribution is 2.28. The molecule has 1 atom stereocenters. The number of likely N-dealkylation sites (tertiary alicyclic amines) is 1. The van der Waals surface area contributed by atoms with Crippen LogP contribution in [0.15, 0.2) is 24.3 Å². The Morgan fingerprint density at radius 3 is 2.32 bits per heavy atom. The Morgan fingerprint density at radius 2 is 1.68 bits per heavy atom. The van der Waals surface area contributed by atoms with Crippen molar-refractivity contribution in [3.05, 3.63) is 35.4 Å². The molecule has 1 aromatic carbocycles. The maximum absolute atomic E-state index is 3.47. The monoisotopic (exact) mass is 301 g/mol. The molecule has 0 saturated carbocycles. The van der Waals surface area contributed by atoms with Gasteiger partial charge in [-0.1, -0.05) is 36.8 Å². The number of piperidine rings is 1. The molecule has 22 heavy (non-hydrogen) atoms. The van der Waals surface area contributed by atoms with Gasteiger partial charge < -0.3 is 5.32 Å². The van der Waals surface area contributed by atoms with E-state index in [1.54, 1.807) is 0 Å². The zero-order valence-corrected chi connectivity index (χ0v) is 14.2. The minimum absolute atomic E-state index is 0.561. The number of aryl methyl sites for hydroxylation is 1. The summed E-state index contributed by atoms with van der Waals surface area (Å²) in [6.07, 6.45) is 2.70. The fourth-order valence-electron chi connectivity index (χ4n) is 3.70. The number of benzene rings is 1. The Bertz CT molecular complexity index is 442. The molecule has 0 amide bonds. The molecule has 0 radical (unpaired) electrons. The van der Waals surface area contributed by atoms with Gasteiger partial charge in [-0.3, -0.25) is 9.80 Å². The standard InChI is InChI=1S/C19H31N3/c1-16-3-5-18(6-4-16)19(15-21-13-9-20-10-14-21)22-11-7-17(2)8-12-22/h3-6,17,19-20H,7-15H2,1-2H3. The predicted molar refractivity (Wildman–Crippen MR) is 93.2 cm³/mol. The maximum atomic E-state index is 3.47. The lowest BCUT2D eigenvalue weighted by Gasteiger charge is -2.40. The third-order valence-corrected chi connectivity index (χ3v) is 5.36. The molecule has 2 aliphatic rings. The summed E-state index contributed by atoms with van der Waals surface area (Å²) in [6.45, 7) is 12.9. The average molecular weight is 301 g/mol. The Balaban J connectivity index is 1.73.